The summed E-state index contributed by atoms with van der Waals surface area (Å²) in [5.74, 6) is 1.19. The van der Waals surface area contributed by atoms with Crippen molar-refractivity contribution >= 4 is 10.0 Å². The summed E-state index contributed by atoms with van der Waals surface area (Å²) in [6.45, 7) is 0.994. The maximum Gasteiger partial charge on any atom is 0.252 e. The number of ether oxygens (including phenoxy) is 2. The lowest BCUT2D eigenvalue weighted by Gasteiger charge is -2.32. The molecule has 1 fully saturated rings. The van der Waals surface area contributed by atoms with E-state index in [0.717, 1.165) is 18.4 Å². The number of aromatic nitrogens is 2. The zero-order valence-electron chi connectivity index (χ0n) is 17.3. The Hall–Kier alpha value is -2.75. The van der Waals surface area contributed by atoms with Gasteiger partial charge < -0.3 is 14.0 Å². The highest BCUT2D eigenvalue weighted by Crippen LogP contribution is 2.34. The monoisotopic (exact) mass is 443 g/mol. The highest BCUT2D eigenvalue weighted by Gasteiger charge is 2.37. The normalized spacial score (nSPS) is 17.5. The highest BCUT2D eigenvalue weighted by atomic mass is 32.2. The van der Waals surface area contributed by atoms with E-state index in [2.05, 4.69) is 10.1 Å². The van der Waals surface area contributed by atoms with Gasteiger partial charge in [0.15, 0.2) is 5.82 Å². The van der Waals surface area contributed by atoms with Gasteiger partial charge >= 0.3 is 0 Å². The third-order valence-electron chi connectivity index (χ3n) is 5.22. The molecule has 1 unspecified atom stereocenters. The van der Waals surface area contributed by atoms with E-state index in [-0.39, 0.29) is 11.5 Å². The van der Waals surface area contributed by atoms with Gasteiger partial charge in [0.2, 0.25) is 10.0 Å². The molecule has 0 spiro atoms. The molecule has 1 aliphatic heterocycles. The van der Waals surface area contributed by atoms with E-state index in [9.17, 15) is 8.42 Å². The van der Waals surface area contributed by atoms with Crippen molar-refractivity contribution < 1.29 is 22.4 Å². The fraction of sp³-hybridized carbons (Fsp3) is 0.364. The SMILES string of the molecule is COc1cccc(S(=O)(=O)N2CCCCC2c2noc(COCc3ccccc3)n2)c1. The number of nitrogens with zero attached hydrogens (tertiary/aromatic N) is 3. The summed E-state index contributed by atoms with van der Waals surface area (Å²) < 4.78 is 44.3. The van der Waals surface area contributed by atoms with Crippen LogP contribution in [0.25, 0.3) is 0 Å². The Morgan fingerprint density at radius 3 is 2.74 bits per heavy atom. The number of rotatable bonds is 8. The van der Waals surface area contributed by atoms with E-state index in [1.165, 1.54) is 17.5 Å². The van der Waals surface area contributed by atoms with Crippen LogP contribution in [0, 0.1) is 0 Å². The zero-order chi connectivity index (χ0) is 21.7. The molecule has 0 radical (unpaired) electrons. The molecule has 0 amide bonds. The fourth-order valence-corrected chi connectivity index (χ4v) is 5.33. The molecule has 8 nitrogen and oxygen atoms in total. The van der Waals surface area contributed by atoms with Gasteiger partial charge in [-0.25, -0.2) is 8.42 Å². The van der Waals surface area contributed by atoms with Gasteiger partial charge in [0.25, 0.3) is 5.89 Å². The Bertz CT molecular complexity index is 1100. The molecule has 0 saturated carbocycles. The van der Waals surface area contributed by atoms with Gasteiger partial charge in [-0.3, -0.25) is 0 Å². The number of benzene rings is 2. The second-order valence-corrected chi connectivity index (χ2v) is 9.22. The molecule has 2 aromatic carbocycles. The van der Waals surface area contributed by atoms with Gasteiger partial charge in [-0.1, -0.05) is 48.0 Å². The highest BCUT2D eigenvalue weighted by molar-refractivity contribution is 7.89. The molecule has 2 heterocycles. The average Bonchev–Trinajstić information content (AvgIpc) is 3.28. The predicted molar refractivity (Wildman–Crippen MR) is 113 cm³/mol. The third kappa shape index (κ3) is 4.95. The number of methoxy groups -OCH3 is 1. The Morgan fingerprint density at radius 2 is 1.94 bits per heavy atom. The van der Waals surface area contributed by atoms with Crippen LogP contribution in [0.3, 0.4) is 0 Å². The van der Waals surface area contributed by atoms with E-state index < -0.39 is 16.1 Å². The molecule has 164 valence electrons. The van der Waals surface area contributed by atoms with Crippen LogP contribution in [0.15, 0.2) is 64.0 Å². The Morgan fingerprint density at radius 1 is 1.10 bits per heavy atom. The molecule has 3 aromatic rings. The van der Waals surface area contributed by atoms with Crippen LogP contribution in [0.5, 0.6) is 5.75 Å². The number of piperidine rings is 1. The maximum absolute atomic E-state index is 13.3. The summed E-state index contributed by atoms with van der Waals surface area (Å²) in [6.07, 6.45) is 2.31. The minimum atomic E-state index is -3.74. The van der Waals surface area contributed by atoms with Crippen LogP contribution in [-0.4, -0.2) is 36.5 Å². The van der Waals surface area contributed by atoms with Gasteiger partial charge in [0, 0.05) is 12.6 Å². The van der Waals surface area contributed by atoms with E-state index in [1.54, 1.807) is 18.2 Å². The van der Waals surface area contributed by atoms with Crippen molar-refractivity contribution in [1.29, 1.82) is 0 Å². The van der Waals surface area contributed by atoms with Crippen LogP contribution >= 0.6 is 0 Å². The van der Waals surface area contributed by atoms with Crippen LogP contribution in [0.2, 0.25) is 0 Å². The lowest BCUT2D eigenvalue weighted by molar-refractivity contribution is 0.0850. The molecular formula is C22H25N3O5S. The van der Waals surface area contributed by atoms with Gasteiger partial charge in [-0.05, 0) is 30.5 Å². The standard InChI is InChI=1S/C22H25N3O5S/c1-28-18-10-7-11-19(14-18)31(26,27)25-13-6-5-12-20(25)22-23-21(30-24-22)16-29-15-17-8-3-2-4-9-17/h2-4,7-11,14,20H,5-6,12-13,15-16H2,1H3. The summed E-state index contributed by atoms with van der Waals surface area (Å²) in [7, 11) is -2.23. The molecular weight excluding hydrogens is 418 g/mol. The van der Waals surface area contributed by atoms with Crippen molar-refractivity contribution in [3.8, 4) is 5.75 Å². The molecule has 0 aliphatic carbocycles. The summed E-state index contributed by atoms with van der Waals surface area (Å²) in [5, 5.41) is 4.06. The number of hydrogen-bond acceptors (Lipinski definition) is 7. The van der Waals surface area contributed by atoms with Crippen LogP contribution in [0.4, 0.5) is 0 Å². The van der Waals surface area contributed by atoms with Gasteiger partial charge in [0.05, 0.1) is 24.7 Å². The van der Waals surface area contributed by atoms with E-state index in [0.29, 0.717) is 37.0 Å². The van der Waals surface area contributed by atoms with Gasteiger partial charge in [-0.15, -0.1) is 0 Å². The first kappa shape index (κ1) is 21.5. The molecule has 31 heavy (non-hydrogen) atoms. The van der Waals surface area contributed by atoms with Crippen LogP contribution in [0.1, 0.15) is 42.6 Å². The predicted octanol–water partition coefficient (Wildman–Crippen LogP) is 3.71. The summed E-state index contributed by atoms with van der Waals surface area (Å²) in [4.78, 5) is 4.61. The summed E-state index contributed by atoms with van der Waals surface area (Å²) >= 11 is 0. The summed E-state index contributed by atoms with van der Waals surface area (Å²) in [6, 6.07) is 15.8. The molecule has 0 bridgehead atoms. The maximum atomic E-state index is 13.3. The van der Waals surface area contributed by atoms with Crippen LogP contribution in [-0.2, 0) is 28.0 Å². The quantitative estimate of drug-likeness (QED) is 0.524. The van der Waals surface area contributed by atoms with E-state index in [4.69, 9.17) is 14.0 Å². The van der Waals surface area contributed by atoms with Crippen molar-refractivity contribution in [3.63, 3.8) is 0 Å². The number of hydrogen-bond donors (Lipinski definition) is 0. The zero-order valence-corrected chi connectivity index (χ0v) is 18.1. The molecule has 4 rings (SSSR count). The first-order valence-electron chi connectivity index (χ1n) is 10.2. The van der Waals surface area contributed by atoms with Crippen molar-refractivity contribution in [2.45, 2.75) is 43.4 Å². The van der Waals surface area contributed by atoms with E-state index >= 15 is 0 Å². The number of sulfonamides is 1. The molecule has 1 saturated heterocycles. The second kappa shape index (κ2) is 9.59. The molecule has 0 N–H and O–H groups in total. The van der Waals surface area contributed by atoms with Gasteiger partial charge in [-0.2, -0.15) is 9.29 Å². The molecule has 9 heteroatoms. The molecule has 1 aromatic heterocycles. The topological polar surface area (TPSA) is 94.8 Å². The van der Waals surface area contributed by atoms with Crippen molar-refractivity contribution in [3.05, 3.63) is 71.9 Å². The second-order valence-electron chi connectivity index (χ2n) is 7.33. The smallest absolute Gasteiger partial charge is 0.252 e. The van der Waals surface area contributed by atoms with Crippen molar-refractivity contribution in [2.75, 3.05) is 13.7 Å². The minimum Gasteiger partial charge on any atom is -0.497 e. The molecule has 1 atom stereocenters. The lowest BCUT2D eigenvalue weighted by atomic mass is 10.0. The third-order valence-corrected chi connectivity index (χ3v) is 7.12. The lowest BCUT2D eigenvalue weighted by Crippen LogP contribution is -2.39. The fourth-order valence-electron chi connectivity index (χ4n) is 3.64. The Labute approximate surface area is 181 Å². The first-order valence-corrected chi connectivity index (χ1v) is 11.6. The van der Waals surface area contributed by atoms with Crippen LogP contribution < -0.4 is 4.74 Å². The Kier molecular flexibility index (Phi) is 6.64. The minimum absolute atomic E-state index is 0.164. The van der Waals surface area contributed by atoms with Gasteiger partial charge in [0.1, 0.15) is 12.4 Å². The first-order chi connectivity index (χ1) is 15.1. The Balaban J connectivity index is 1.48. The average molecular weight is 444 g/mol. The van der Waals surface area contributed by atoms with E-state index in [1.807, 2.05) is 30.3 Å². The molecule has 1 aliphatic rings. The van der Waals surface area contributed by atoms with Crippen molar-refractivity contribution in [2.24, 2.45) is 0 Å². The van der Waals surface area contributed by atoms with Crippen molar-refractivity contribution in [1.82, 2.24) is 14.4 Å². The summed E-state index contributed by atoms with van der Waals surface area (Å²) in [5.41, 5.74) is 1.05. The largest absolute Gasteiger partial charge is 0.497 e.